The molecule has 0 spiro atoms. The van der Waals surface area contributed by atoms with Gasteiger partial charge in [0, 0.05) is 0 Å². The van der Waals surface area contributed by atoms with Gasteiger partial charge in [0.05, 0.1) is 0 Å². The molecule has 2 aromatic rings. The van der Waals surface area contributed by atoms with E-state index in [-0.39, 0.29) is 24.8 Å². The Hall–Kier alpha value is -0.413. The van der Waals surface area contributed by atoms with Gasteiger partial charge in [-0.1, -0.05) is 0 Å². The summed E-state index contributed by atoms with van der Waals surface area (Å²) in [5.41, 5.74) is 6.07. The molecule has 0 saturated heterocycles. The van der Waals surface area contributed by atoms with Crippen molar-refractivity contribution in [3.8, 4) is 0 Å². The van der Waals surface area contributed by atoms with Crippen molar-refractivity contribution in [1.82, 2.24) is 0 Å². The van der Waals surface area contributed by atoms with E-state index in [9.17, 15) is 0 Å². The third kappa shape index (κ3) is 2.76. The molecule has 2 aromatic carbocycles. The molecule has 0 saturated carbocycles. The molecule has 4 rings (SSSR count). The van der Waals surface area contributed by atoms with Crippen molar-refractivity contribution >= 4 is 19.6 Å². The van der Waals surface area contributed by atoms with Gasteiger partial charge in [0.25, 0.3) is 0 Å². The van der Waals surface area contributed by atoms with Gasteiger partial charge in [0.2, 0.25) is 0 Å². The molecule has 0 N–H and O–H groups in total. The Morgan fingerprint density at radius 2 is 1.08 bits per heavy atom. The average molecular weight is 539 g/mol. The first kappa shape index (κ1) is 19.9. The summed E-state index contributed by atoms with van der Waals surface area (Å²) in [4.78, 5) is 0. The summed E-state index contributed by atoms with van der Waals surface area (Å²) in [6.45, 7) is 5.04. The second kappa shape index (κ2) is 7.07. The van der Waals surface area contributed by atoms with E-state index in [0.29, 0.717) is 6.34 Å². The van der Waals surface area contributed by atoms with Crippen LogP contribution in [0.2, 0.25) is 0 Å². The summed E-state index contributed by atoms with van der Waals surface area (Å²) < 4.78 is 0.702. The summed E-state index contributed by atoms with van der Waals surface area (Å²) >= 11 is -1.94. The van der Waals surface area contributed by atoms with Gasteiger partial charge < -0.3 is 24.8 Å². The van der Waals surface area contributed by atoms with Gasteiger partial charge in [-0.15, -0.1) is 0 Å². The van der Waals surface area contributed by atoms with Crippen LogP contribution in [0.25, 0.3) is 12.2 Å². The van der Waals surface area contributed by atoms with Crippen molar-refractivity contribution < 1.29 is 45.4 Å². The van der Waals surface area contributed by atoms with E-state index in [1.165, 1.54) is 18.6 Å². The van der Waals surface area contributed by atoms with Gasteiger partial charge in [-0.25, -0.2) is 0 Å². The first-order chi connectivity index (χ1) is 10.6. The Labute approximate surface area is 167 Å². The van der Waals surface area contributed by atoms with Gasteiger partial charge in [-0.3, -0.25) is 0 Å². The van der Waals surface area contributed by atoms with Gasteiger partial charge in [0.15, 0.2) is 0 Å². The van der Waals surface area contributed by atoms with Crippen LogP contribution in [-0.4, -0.2) is 7.43 Å². The molecule has 0 amide bonds. The summed E-state index contributed by atoms with van der Waals surface area (Å²) in [5.74, 6) is 0. The van der Waals surface area contributed by atoms with E-state index >= 15 is 0 Å². The minimum atomic E-state index is -1.94. The maximum atomic E-state index is 2.53. The van der Waals surface area contributed by atoms with Crippen LogP contribution in [0.15, 0.2) is 60.7 Å². The predicted molar refractivity (Wildman–Crippen MR) is 95.6 cm³/mol. The molecule has 2 aliphatic carbocycles. The van der Waals surface area contributed by atoms with Gasteiger partial charge in [-0.2, -0.15) is 0 Å². The standard InChI is InChI=1S/2C10H9.2ClH.Hf.H3Si/c2*1-8-6-7-9-4-2-3-5-10(8)9;;;;/h2*2-7H,1H3;2*1H;;1H3/q;;;;+2;/p-2. The minimum absolute atomic E-state index is 0. The Morgan fingerprint density at radius 3 is 1.50 bits per heavy atom. The fraction of sp³-hybridized carbons (Fsp3) is 0.200. The van der Waals surface area contributed by atoms with Crippen molar-refractivity contribution in [2.45, 2.75) is 20.2 Å². The molecule has 0 nitrogen and oxygen atoms in total. The molecule has 4 heteroatoms. The van der Waals surface area contributed by atoms with Gasteiger partial charge in [0.1, 0.15) is 0 Å². The van der Waals surface area contributed by atoms with E-state index in [1.54, 1.807) is 11.1 Å². The molecule has 24 heavy (non-hydrogen) atoms. The second-order valence-corrected chi connectivity index (χ2v) is 27.0. The molecular formula is C20H21Cl2HfSi. The summed E-state index contributed by atoms with van der Waals surface area (Å²) in [5, 5.41) is 0. The van der Waals surface area contributed by atoms with E-state index in [4.69, 9.17) is 0 Å². The number of benzene rings is 2. The smallest absolute Gasteiger partial charge is 1.00 e. The maximum Gasteiger partial charge on any atom is -1.00 e. The second-order valence-electron chi connectivity index (χ2n) is 6.87. The Morgan fingerprint density at radius 1 is 0.708 bits per heavy atom. The topological polar surface area (TPSA) is 0 Å². The minimum Gasteiger partial charge on any atom is -1.00 e. The molecule has 2 aliphatic rings. The zero-order valence-corrected chi connectivity index (χ0v) is 21.3. The normalized spacial score (nSPS) is 25.6. The predicted octanol–water partition coefficient (Wildman–Crippen LogP) is -2.22. The van der Waals surface area contributed by atoms with Gasteiger partial charge in [-0.05, 0) is 0 Å². The quantitative estimate of drug-likeness (QED) is 0.380. The summed E-state index contributed by atoms with van der Waals surface area (Å²) in [7, 11) is 1.37. The first-order valence-electron chi connectivity index (χ1n) is 7.98. The Balaban J connectivity index is 0.00000104. The van der Waals surface area contributed by atoms with Crippen LogP contribution < -0.4 is 24.8 Å². The molecule has 123 valence electrons. The van der Waals surface area contributed by atoms with Crippen molar-refractivity contribution in [2.24, 2.45) is 0 Å². The number of rotatable bonds is 2. The van der Waals surface area contributed by atoms with E-state index < -0.39 is 20.6 Å². The number of hydrogen-bond acceptors (Lipinski definition) is 0. The van der Waals surface area contributed by atoms with Crippen LogP contribution in [-0.2, 0) is 26.9 Å². The van der Waals surface area contributed by atoms with Crippen molar-refractivity contribution in [1.29, 1.82) is 0 Å². The third-order valence-electron chi connectivity index (χ3n) is 5.79. The van der Waals surface area contributed by atoms with Crippen molar-refractivity contribution in [2.75, 3.05) is 0 Å². The SMILES string of the molecule is C[C]1([Hf+2]([SiH3])[C]2(C)C=Cc3ccccc32)C=Cc2ccccc21.[Cl-].[Cl-]. The van der Waals surface area contributed by atoms with E-state index in [2.05, 4.69) is 86.7 Å². The molecule has 0 aliphatic heterocycles. The number of hydrogen-bond donors (Lipinski definition) is 0. The largest absolute Gasteiger partial charge is 1.00 e. The van der Waals surface area contributed by atoms with E-state index in [1.807, 2.05) is 0 Å². The molecule has 0 fully saturated rings. The molecule has 0 radical (unpaired) electrons. The maximum absolute atomic E-state index is 2.53. The monoisotopic (exact) mass is 539 g/mol. The van der Waals surface area contributed by atoms with Crippen LogP contribution in [0, 0.1) is 0 Å². The first-order valence-corrected chi connectivity index (χ1v) is 23.3. The van der Waals surface area contributed by atoms with Crippen LogP contribution in [0.1, 0.15) is 36.1 Å². The molecular weight excluding hydrogens is 518 g/mol. The van der Waals surface area contributed by atoms with E-state index in [0.717, 1.165) is 0 Å². The molecule has 2 unspecified atom stereocenters. The van der Waals surface area contributed by atoms with Crippen LogP contribution >= 0.6 is 0 Å². The zero-order valence-electron chi connectivity index (χ0n) is 14.2. The van der Waals surface area contributed by atoms with Gasteiger partial charge >= 0.3 is 143 Å². The molecule has 0 heterocycles. The Kier molecular flexibility index (Phi) is 5.86. The fourth-order valence-electron chi connectivity index (χ4n) is 4.12. The summed E-state index contributed by atoms with van der Waals surface area (Å²) in [6.07, 6.45) is 9.80. The van der Waals surface area contributed by atoms with Crippen LogP contribution in [0.5, 0.6) is 0 Å². The average Bonchev–Trinajstić information content (AvgIpc) is 3.08. The molecule has 0 aromatic heterocycles. The van der Waals surface area contributed by atoms with Crippen molar-refractivity contribution in [3.05, 3.63) is 82.9 Å². The zero-order chi connectivity index (χ0) is 15.4. The molecule has 2 atom stereocenters. The Bertz CT molecular complexity index is 749. The van der Waals surface area contributed by atoms with Crippen LogP contribution in [0.4, 0.5) is 0 Å². The number of fused-ring (bicyclic) bond motifs is 2. The van der Waals surface area contributed by atoms with Crippen molar-refractivity contribution in [3.63, 3.8) is 0 Å². The number of halogens is 2. The number of allylic oxidation sites excluding steroid dienone is 2. The third-order valence-corrected chi connectivity index (χ3v) is 37.1. The van der Waals surface area contributed by atoms with Crippen LogP contribution in [0.3, 0.4) is 0 Å². The molecule has 0 bridgehead atoms. The fourth-order valence-corrected chi connectivity index (χ4v) is 22.1. The summed E-state index contributed by atoms with van der Waals surface area (Å²) in [6, 6.07) is 18.0.